The zero-order chi connectivity index (χ0) is 15.4. The van der Waals surface area contributed by atoms with Crippen molar-refractivity contribution in [2.24, 2.45) is 0 Å². The predicted octanol–water partition coefficient (Wildman–Crippen LogP) is 3.53. The number of rotatable bonds is 4. The zero-order valence-electron chi connectivity index (χ0n) is 12.1. The van der Waals surface area contributed by atoms with Crippen LogP contribution < -0.4 is 15.2 Å². The molecule has 0 spiro atoms. The molecule has 5 nitrogen and oxygen atoms in total. The highest BCUT2D eigenvalue weighted by Crippen LogP contribution is 2.32. The second-order valence-electron chi connectivity index (χ2n) is 4.61. The summed E-state index contributed by atoms with van der Waals surface area (Å²) in [6, 6.07) is 14.7. The fourth-order valence-corrected chi connectivity index (χ4v) is 2.03. The Morgan fingerprint density at radius 1 is 0.955 bits per heavy atom. The van der Waals surface area contributed by atoms with Crippen molar-refractivity contribution in [2.75, 3.05) is 12.8 Å². The lowest BCUT2D eigenvalue weighted by Crippen LogP contribution is -1.93. The maximum atomic E-state index is 5.86. The zero-order valence-corrected chi connectivity index (χ0v) is 12.1. The third-order valence-corrected chi connectivity index (χ3v) is 3.12. The van der Waals surface area contributed by atoms with Gasteiger partial charge in [-0.1, -0.05) is 0 Å². The Hall–Kier alpha value is -3.08. The summed E-state index contributed by atoms with van der Waals surface area (Å²) in [5.41, 5.74) is 8.15. The van der Waals surface area contributed by atoms with Crippen molar-refractivity contribution in [1.29, 1.82) is 0 Å². The van der Waals surface area contributed by atoms with E-state index in [0.717, 1.165) is 11.1 Å². The molecule has 1 aromatic carbocycles. The van der Waals surface area contributed by atoms with Gasteiger partial charge >= 0.3 is 0 Å². The minimum Gasteiger partial charge on any atom is -0.481 e. The van der Waals surface area contributed by atoms with Crippen LogP contribution in [0.5, 0.6) is 17.5 Å². The minimum absolute atomic E-state index is 0.514. The Morgan fingerprint density at radius 2 is 1.77 bits per heavy atom. The first-order valence-electron chi connectivity index (χ1n) is 6.75. The van der Waals surface area contributed by atoms with Gasteiger partial charge in [0.25, 0.3) is 0 Å². The number of methoxy groups -OCH3 is 1. The van der Waals surface area contributed by atoms with Crippen LogP contribution in [0.15, 0.2) is 60.9 Å². The van der Waals surface area contributed by atoms with E-state index in [1.807, 2.05) is 24.3 Å². The topological polar surface area (TPSA) is 70.3 Å². The third kappa shape index (κ3) is 2.98. The normalized spacial score (nSPS) is 10.2. The van der Waals surface area contributed by atoms with Crippen LogP contribution in [0, 0.1) is 0 Å². The van der Waals surface area contributed by atoms with Gasteiger partial charge in [-0.2, -0.15) is 0 Å². The molecule has 0 saturated heterocycles. The molecule has 0 amide bonds. The second kappa shape index (κ2) is 6.13. The molecule has 0 aliphatic carbocycles. The monoisotopic (exact) mass is 293 g/mol. The number of nitrogen functional groups attached to an aromatic ring is 1. The van der Waals surface area contributed by atoms with E-state index in [1.54, 1.807) is 43.8 Å². The van der Waals surface area contributed by atoms with Gasteiger partial charge in [0.15, 0.2) is 0 Å². The van der Waals surface area contributed by atoms with Gasteiger partial charge in [0.2, 0.25) is 11.8 Å². The molecule has 0 fully saturated rings. The summed E-state index contributed by atoms with van der Waals surface area (Å²) in [7, 11) is 1.58. The highest BCUT2D eigenvalue weighted by atomic mass is 16.5. The number of aromatic nitrogens is 2. The van der Waals surface area contributed by atoms with Crippen molar-refractivity contribution in [3.8, 4) is 28.6 Å². The molecular weight excluding hydrogens is 278 g/mol. The van der Waals surface area contributed by atoms with Crippen LogP contribution >= 0.6 is 0 Å². The number of nitrogens with two attached hydrogens (primary N) is 1. The van der Waals surface area contributed by atoms with Crippen LogP contribution in [-0.2, 0) is 0 Å². The summed E-state index contributed by atoms with van der Waals surface area (Å²) in [6.45, 7) is 0. The van der Waals surface area contributed by atoms with E-state index in [2.05, 4.69) is 9.97 Å². The Balaban J connectivity index is 1.97. The molecular formula is C17H15N3O2. The summed E-state index contributed by atoms with van der Waals surface area (Å²) in [6.07, 6.45) is 3.38. The number of nitrogens with zero attached hydrogens (tertiary/aromatic N) is 2. The second-order valence-corrected chi connectivity index (χ2v) is 4.61. The maximum absolute atomic E-state index is 5.86. The van der Waals surface area contributed by atoms with E-state index in [4.69, 9.17) is 15.2 Å². The molecule has 110 valence electrons. The largest absolute Gasteiger partial charge is 0.481 e. The Labute approximate surface area is 128 Å². The van der Waals surface area contributed by atoms with Gasteiger partial charge in [-0.3, -0.25) is 0 Å². The van der Waals surface area contributed by atoms with E-state index in [9.17, 15) is 0 Å². The highest BCUT2D eigenvalue weighted by molar-refractivity contribution is 5.69. The molecule has 2 N–H and O–H groups in total. The fraction of sp³-hybridized carbons (Fsp3) is 0.0588. The minimum atomic E-state index is 0.514. The van der Waals surface area contributed by atoms with Crippen LogP contribution in [0.1, 0.15) is 0 Å². The molecule has 22 heavy (non-hydrogen) atoms. The number of ether oxygens (including phenoxy) is 2. The van der Waals surface area contributed by atoms with Crippen molar-refractivity contribution >= 4 is 5.69 Å². The van der Waals surface area contributed by atoms with Crippen LogP contribution in [0.25, 0.3) is 11.1 Å². The standard InChI is InChI=1S/C17H15N3O2/c1-21-16-11-12(8-10-19-16)15-3-2-9-20-17(15)22-14-6-4-13(18)5-7-14/h2-11H,18H2,1H3. The van der Waals surface area contributed by atoms with Gasteiger partial charge < -0.3 is 15.2 Å². The molecule has 0 bridgehead atoms. The fourth-order valence-electron chi connectivity index (χ4n) is 2.03. The van der Waals surface area contributed by atoms with E-state index in [1.165, 1.54) is 0 Å². The number of benzene rings is 1. The van der Waals surface area contributed by atoms with Crippen LogP contribution in [0.4, 0.5) is 5.69 Å². The molecule has 2 heterocycles. The maximum Gasteiger partial charge on any atom is 0.227 e. The molecule has 0 aliphatic rings. The lowest BCUT2D eigenvalue weighted by molar-refractivity contribution is 0.398. The van der Waals surface area contributed by atoms with Gasteiger partial charge in [-0.15, -0.1) is 0 Å². The Kier molecular flexibility index (Phi) is 3.87. The average Bonchev–Trinajstić information content (AvgIpc) is 2.57. The smallest absolute Gasteiger partial charge is 0.227 e. The Bertz CT molecular complexity index is 773. The molecule has 5 heteroatoms. The lowest BCUT2D eigenvalue weighted by atomic mass is 10.1. The first-order chi connectivity index (χ1) is 10.8. The van der Waals surface area contributed by atoms with Gasteiger partial charge in [-0.05, 0) is 48.0 Å². The van der Waals surface area contributed by atoms with Crippen LogP contribution in [-0.4, -0.2) is 17.1 Å². The SMILES string of the molecule is COc1cc(-c2cccnc2Oc2ccc(N)cc2)ccn1. The first-order valence-corrected chi connectivity index (χ1v) is 6.75. The number of hydrogen-bond acceptors (Lipinski definition) is 5. The van der Waals surface area contributed by atoms with Gasteiger partial charge in [0, 0.05) is 29.7 Å². The van der Waals surface area contributed by atoms with E-state index < -0.39 is 0 Å². The molecule has 3 aromatic rings. The molecule has 0 unspecified atom stereocenters. The lowest BCUT2D eigenvalue weighted by Gasteiger charge is -2.10. The molecule has 0 aliphatic heterocycles. The van der Waals surface area contributed by atoms with Crippen LogP contribution in [0.2, 0.25) is 0 Å². The van der Waals surface area contributed by atoms with Crippen molar-refractivity contribution in [3.05, 3.63) is 60.9 Å². The molecule has 0 radical (unpaired) electrons. The van der Waals surface area contributed by atoms with Crippen LogP contribution in [0.3, 0.4) is 0 Å². The highest BCUT2D eigenvalue weighted by Gasteiger charge is 2.09. The van der Waals surface area contributed by atoms with Crippen molar-refractivity contribution in [2.45, 2.75) is 0 Å². The molecule has 0 atom stereocenters. The quantitative estimate of drug-likeness (QED) is 0.745. The predicted molar refractivity (Wildman–Crippen MR) is 84.9 cm³/mol. The Morgan fingerprint density at radius 3 is 2.55 bits per heavy atom. The molecule has 3 rings (SSSR count). The van der Waals surface area contributed by atoms with E-state index in [0.29, 0.717) is 23.2 Å². The van der Waals surface area contributed by atoms with E-state index in [-0.39, 0.29) is 0 Å². The number of anilines is 1. The van der Waals surface area contributed by atoms with Crippen molar-refractivity contribution in [3.63, 3.8) is 0 Å². The van der Waals surface area contributed by atoms with E-state index >= 15 is 0 Å². The average molecular weight is 293 g/mol. The number of pyridine rings is 2. The third-order valence-electron chi connectivity index (χ3n) is 3.12. The molecule has 2 aromatic heterocycles. The number of hydrogen-bond donors (Lipinski definition) is 1. The summed E-state index contributed by atoms with van der Waals surface area (Å²) in [5, 5.41) is 0. The molecule has 0 saturated carbocycles. The van der Waals surface area contributed by atoms with Gasteiger partial charge in [-0.25, -0.2) is 9.97 Å². The summed E-state index contributed by atoms with van der Waals surface area (Å²) in [5.74, 6) is 1.73. The summed E-state index contributed by atoms with van der Waals surface area (Å²) >= 11 is 0. The van der Waals surface area contributed by atoms with Gasteiger partial charge in [0.1, 0.15) is 5.75 Å². The summed E-state index contributed by atoms with van der Waals surface area (Å²) in [4.78, 5) is 8.42. The van der Waals surface area contributed by atoms with Crippen molar-refractivity contribution < 1.29 is 9.47 Å². The first kappa shape index (κ1) is 13.9. The van der Waals surface area contributed by atoms with Crippen molar-refractivity contribution in [1.82, 2.24) is 9.97 Å². The summed E-state index contributed by atoms with van der Waals surface area (Å²) < 4.78 is 11.0. The van der Waals surface area contributed by atoms with Gasteiger partial charge in [0.05, 0.1) is 7.11 Å².